The zero-order valence-electron chi connectivity index (χ0n) is 15.0. The molecule has 3 aromatic carbocycles. The molecular weight excluding hydrogens is 504 g/mol. The van der Waals surface area contributed by atoms with E-state index in [2.05, 4.69) is 42.4 Å². The van der Waals surface area contributed by atoms with E-state index in [1.807, 2.05) is 30.3 Å². The molecule has 0 aromatic heterocycles. The van der Waals surface area contributed by atoms with Gasteiger partial charge in [0.25, 0.3) is 5.91 Å². The first-order chi connectivity index (χ1) is 13.9. The number of phenols is 2. The molecular formula is C21H16Br2N2O4. The first-order valence-corrected chi connectivity index (χ1v) is 10.0. The normalized spacial score (nSPS) is 10.8. The van der Waals surface area contributed by atoms with Gasteiger partial charge in [0, 0.05) is 14.5 Å². The summed E-state index contributed by atoms with van der Waals surface area (Å²) in [5.41, 5.74) is 3.90. The standard InChI is InChI=1S/C21H16Br2N2O4/c22-15-3-1-13(2-4-15)12-29-20-8-5-16(23)9-14(20)11-24-25-21(28)18-10-17(26)6-7-19(18)27/h1-11,26-27H,12H2,(H,25,28)/b24-11-. The number of carbonyl (C=O) groups excluding carboxylic acids is 1. The van der Waals surface area contributed by atoms with Crippen LogP contribution >= 0.6 is 31.9 Å². The van der Waals surface area contributed by atoms with Crippen molar-refractivity contribution < 1.29 is 19.7 Å². The SMILES string of the molecule is O=C(N/N=C\c1cc(Br)ccc1OCc1ccc(Br)cc1)c1cc(O)ccc1O. The fourth-order valence-corrected chi connectivity index (χ4v) is 3.06. The second kappa shape index (κ2) is 9.58. The number of halogens is 2. The number of amides is 1. The van der Waals surface area contributed by atoms with E-state index in [1.165, 1.54) is 18.3 Å². The maximum absolute atomic E-state index is 12.2. The summed E-state index contributed by atoms with van der Waals surface area (Å²) in [6.07, 6.45) is 1.44. The van der Waals surface area contributed by atoms with Gasteiger partial charge in [-0.1, -0.05) is 44.0 Å². The summed E-state index contributed by atoms with van der Waals surface area (Å²) in [5.74, 6) is -0.444. The van der Waals surface area contributed by atoms with E-state index >= 15 is 0 Å². The van der Waals surface area contributed by atoms with Gasteiger partial charge in [-0.05, 0) is 54.1 Å². The second-order valence-electron chi connectivity index (χ2n) is 6.00. The highest BCUT2D eigenvalue weighted by atomic mass is 79.9. The lowest BCUT2D eigenvalue weighted by Crippen LogP contribution is -2.17. The Bertz CT molecular complexity index is 1050. The summed E-state index contributed by atoms with van der Waals surface area (Å²) < 4.78 is 7.70. The predicted octanol–water partition coefficient (Wildman–Crippen LogP) is 4.97. The lowest BCUT2D eigenvalue weighted by molar-refractivity contribution is 0.0952. The fraction of sp³-hybridized carbons (Fsp3) is 0.0476. The van der Waals surface area contributed by atoms with Crippen molar-refractivity contribution in [2.75, 3.05) is 0 Å². The molecule has 3 aromatic rings. The second-order valence-corrected chi connectivity index (χ2v) is 7.83. The molecule has 0 saturated carbocycles. The Morgan fingerprint density at radius 1 is 1.00 bits per heavy atom. The van der Waals surface area contributed by atoms with E-state index in [1.54, 1.807) is 12.1 Å². The molecule has 0 unspecified atom stereocenters. The molecule has 29 heavy (non-hydrogen) atoms. The van der Waals surface area contributed by atoms with Crippen molar-refractivity contribution in [2.24, 2.45) is 5.10 Å². The fourth-order valence-electron chi connectivity index (χ4n) is 2.42. The predicted molar refractivity (Wildman–Crippen MR) is 117 cm³/mol. The summed E-state index contributed by atoms with van der Waals surface area (Å²) >= 11 is 6.80. The number of hydrazone groups is 1. The molecule has 0 fully saturated rings. The van der Waals surface area contributed by atoms with E-state index in [0.717, 1.165) is 20.6 Å². The van der Waals surface area contributed by atoms with Gasteiger partial charge in [-0.15, -0.1) is 0 Å². The van der Waals surface area contributed by atoms with Gasteiger partial charge in [0.05, 0.1) is 11.8 Å². The number of carbonyl (C=O) groups is 1. The Hall–Kier alpha value is -2.84. The maximum Gasteiger partial charge on any atom is 0.275 e. The molecule has 6 nitrogen and oxygen atoms in total. The summed E-state index contributed by atoms with van der Waals surface area (Å²) in [6, 6.07) is 16.9. The van der Waals surface area contributed by atoms with Crippen LogP contribution in [0.15, 0.2) is 74.7 Å². The van der Waals surface area contributed by atoms with Crippen LogP contribution in [0.5, 0.6) is 17.2 Å². The average molecular weight is 520 g/mol. The minimum Gasteiger partial charge on any atom is -0.508 e. The van der Waals surface area contributed by atoms with Crippen LogP contribution < -0.4 is 10.2 Å². The minimum atomic E-state index is -0.651. The smallest absolute Gasteiger partial charge is 0.275 e. The number of ether oxygens (including phenoxy) is 1. The molecule has 3 N–H and O–H groups in total. The third-order valence-electron chi connectivity index (χ3n) is 3.87. The van der Waals surface area contributed by atoms with Crippen LogP contribution in [0.3, 0.4) is 0 Å². The third kappa shape index (κ3) is 5.82. The monoisotopic (exact) mass is 518 g/mol. The molecule has 0 aliphatic carbocycles. The number of nitrogens with one attached hydrogen (secondary N) is 1. The minimum absolute atomic E-state index is 0.0805. The van der Waals surface area contributed by atoms with Crippen LogP contribution in [-0.4, -0.2) is 22.3 Å². The molecule has 3 rings (SSSR count). The van der Waals surface area contributed by atoms with E-state index in [9.17, 15) is 15.0 Å². The Kier molecular flexibility index (Phi) is 6.90. The Balaban J connectivity index is 1.71. The number of hydrogen-bond acceptors (Lipinski definition) is 5. The van der Waals surface area contributed by atoms with Gasteiger partial charge < -0.3 is 14.9 Å². The Labute approximate surface area is 184 Å². The molecule has 0 spiro atoms. The van der Waals surface area contributed by atoms with Crippen LogP contribution in [-0.2, 0) is 6.61 Å². The first-order valence-electron chi connectivity index (χ1n) is 8.44. The highest BCUT2D eigenvalue weighted by Gasteiger charge is 2.11. The zero-order valence-corrected chi connectivity index (χ0v) is 18.1. The van der Waals surface area contributed by atoms with E-state index < -0.39 is 5.91 Å². The first kappa shape index (κ1) is 20.9. The molecule has 8 heteroatoms. The lowest BCUT2D eigenvalue weighted by Gasteiger charge is -2.10. The van der Waals surface area contributed by atoms with Crippen molar-refractivity contribution in [3.8, 4) is 17.2 Å². The number of aromatic hydroxyl groups is 2. The van der Waals surface area contributed by atoms with Crippen molar-refractivity contribution in [2.45, 2.75) is 6.61 Å². The number of phenolic OH excluding ortho intramolecular Hbond substituents is 2. The largest absolute Gasteiger partial charge is 0.508 e. The average Bonchev–Trinajstić information content (AvgIpc) is 2.70. The number of hydrogen-bond donors (Lipinski definition) is 3. The summed E-state index contributed by atoms with van der Waals surface area (Å²) in [4.78, 5) is 12.2. The van der Waals surface area contributed by atoms with Gasteiger partial charge in [-0.3, -0.25) is 4.79 Å². The molecule has 1 amide bonds. The van der Waals surface area contributed by atoms with Gasteiger partial charge in [-0.2, -0.15) is 5.10 Å². The topological polar surface area (TPSA) is 91.2 Å². The van der Waals surface area contributed by atoms with Gasteiger partial charge in [-0.25, -0.2) is 5.43 Å². The van der Waals surface area contributed by atoms with Gasteiger partial charge in [0.2, 0.25) is 0 Å². The molecule has 0 atom stereocenters. The van der Waals surface area contributed by atoms with Crippen LogP contribution in [0, 0.1) is 0 Å². The quantitative estimate of drug-likeness (QED) is 0.244. The van der Waals surface area contributed by atoms with Gasteiger partial charge in [0.1, 0.15) is 23.9 Å². The van der Waals surface area contributed by atoms with Crippen molar-refractivity contribution in [3.63, 3.8) is 0 Å². The molecule has 148 valence electrons. The van der Waals surface area contributed by atoms with Crippen LogP contribution in [0.2, 0.25) is 0 Å². The van der Waals surface area contributed by atoms with Crippen LogP contribution in [0.4, 0.5) is 0 Å². The molecule has 0 saturated heterocycles. The summed E-state index contributed by atoms with van der Waals surface area (Å²) in [5, 5.41) is 23.1. The van der Waals surface area contributed by atoms with E-state index in [0.29, 0.717) is 17.9 Å². The van der Waals surface area contributed by atoms with E-state index in [-0.39, 0.29) is 17.1 Å². The van der Waals surface area contributed by atoms with Crippen LogP contribution in [0.25, 0.3) is 0 Å². The maximum atomic E-state index is 12.2. The van der Waals surface area contributed by atoms with Crippen molar-refractivity contribution >= 4 is 44.0 Å². The van der Waals surface area contributed by atoms with E-state index in [4.69, 9.17) is 4.74 Å². The molecule has 0 aliphatic rings. The number of rotatable bonds is 6. The summed E-state index contributed by atoms with van der Waals surface area (Å²) in [7, 11) is 0. The number of nitrogens with zero attached hydrogens (tertiary/aromatic N) is 1. The molecule has 0 radical (unpaired) electrons. The third-order valence-corrected chi connectivity index (χ3v) is 4.90. The molecule has 0 aliphatic heterocycles. The Morgan fingerprint density at radius 3 is 2.48 bits per heavy atom. The highest BCUT2D eigenvalue weighted by Crippen LogP contribution is 2.24. The van der Waals surface area contributed by atoms with Crippen molar-refractivity contribution in [1.82, 2.24) is 5.43 Å². The Morgan fingerprint density at radius 2 is 1.72 bits per heavy atom. The van der Waals surface area contributed by atoms with Gasteiger partial charge in [0.15, 0.2) is 0 Å². The molecule has 0 heterocycles. The van der Waals surface area contributed by atoms with Crippen molar-refractivity contribution in [1.29, 1.82) is 0 Å². The summed E-state index contributed by atoms with van der Waals surface area (Å²) in [6.45, 7) is 0.374. The molecule has 0 bridgehead atoms. The van der Waals surface area contributed by atoms with Crippen LogP contribution in [0.1, 0.15) is 21.5 Å². The van der Waals surface area contributed by atoms with Crippen molar-refractivity contribution in [3.05, 3.63) is 86.3 Å². The van der Waals surface area contributed by atoms with Gasteiger partial charge >= 0.3 is 0 Å². The zero-order chi connectivity index (χ0) is 20.8. The lowest BCUT2D eigenvalue weighted by atomic mass is 10.2. The number of benzene rings is 3. The highest BCUT2D eigenvalue weighted by molar-refractivity contribution is 9.10.